The Bertz CT molecular complexity index is 1370. The van der Waals surface area contributed by atoms with Crippen LogP contribution in [-0.4, -0.2) is 72.3 Å². The van der Waals surface area contributed by atoms with Gasteiger partial charge in [0.15, 0.2) is 0 Å². The van der Waals surface area contributed by atoms with Crippen LogP contribution < -0.4 is 10.7 Å². The van der Waals surface area contributed by atoms with Crippen molar-refractivity contribution < 1.29 is 27.9 Å². The van der Waals surface area contributed by atoms with Gasteiger partial charge in [0.05, 0.1) is 34.7 Å². The number of amides is 2. The van der Waals surface area contributed by atoms with Crippen LogP contribution in [0.4, 0.5) is 18.9 Å². The minimum absolute atomic E-state index is 0.0998. The SMILES string of the molecule is O=C(Nc1cscc1C(=O)NN=Cc1ccc(Cl)c(C(F)(F)F)c1)c1cccc(CN2CCN(CCO)CC2)c1. The number of alkyl halides is 3. The summed E-state index contributed by atoms with van der Waals surface area (Å²) in [6, 6.07) is 10.5. The number of hydrogen-bond donors (Lipinski definition) is 3. The van der Waals surface area contributed by atoms with E-state index in [0.29, 0.717) is 24.3 Å². The number of carbonyl (C=O) groups excluding carboxylic acids is 2. The van der Waals surface area contributed by atoms with Crippen LogP contribution in [0.3, 0.4) is 0 Å². The molecule has 2 aromatic carbocycles. The number of thiophene rings is 1. The summed E-state index contributed by atoms with van der Waals surface area (Å²) >= 11 is 6.83. The fourth-order valence-electron chi connectivity index (χ4n) is 4.21. The third-order valence-electron chi connectivity index (χ3n) is 6.31. The molecule has 2 heterocycles. The van der Waals surface area contributed by atoms with Gasteiger partial charge in [-0.25, -0.2) is 5.43 Å². The Labute approximate surface area is 238 Å². The average Bonchev–Trinajstić information content (AvgIpc) is 3.38. The Morgan fingerprint density at radius 3 is 2.52 bits per heavy atom. The quantitative estimate of drug-likeness (QED) is 0.250. The van der Waals surface area contributed by atoms with E-state index in [9.17, 15) is 22.8 Å². The molecule has 212 valence electrons. The molecule has 8 nitrogen and oxygen atoms in total. The number of benzene rings is 2. The van der Waals surface area contributed by atoms with E-state index in [1.807, 2.05) is 18.2 Å². The van der Waals surface area contributed by atoms with Crippen LogP contribution in [0.25, 0.3) is 0 Å². The molecule has 40 heavy (non-hydrogen) atoms. The fourth-order valence-corrected chi connectivity index (χ4v) is 5.20. The van der Waals surface area contributed by atoms with E-state index in [1.165, 1.54) is 22.8 Å². The highest BCUT2D eigenvalue weighted by Gasteiger charge is 2.33. The van der Waals surface area contributed by atoms with E-state index < -0.39 is 22.7 Å². The van der Waals surface area contributed by atoms with Gasteiger partial charge in [-0.3, -0.25) is 19.4 Å². The van der Waals surface area contributed by atoms with Gasteiger partial charge < -0.3 is 10.4 Å². The largest absolute Gasteiger partial charge is 0.417 e. The molecule has 2 amide bonds. The predicted molar refractivity (Wildman–Crippen MR) is 149 cm³/mol. The third kappa shape index (κ3) is 7.89. The number of carbonyl (C=O) groups is 2. The highest BCUT2D eigenvalue weighted by molar-refractivity contribution is 7.08. The van der Waals surface area contributed by atoms with Crippen molar-refractivity contribution in [2.24, 2.45) is 5.10 Å². The third-order valence-corrected chi connectivity index (χ3v) is 7.38. The van der Waals surface area contributed by atoms with Gasteiger partial charge >= 0.3 is 6.18 Å². The monoisotopic (exact) mass is 593 g/mol. The number of β-amino-alcohol motifs (C(OH)–C–C–N with tert-alkyl or cyclic N) is 1. The van der Waals surface area contributed by atoms with Crippen LogP contribution in [0.15, 0.2) is 58.3 Å². The molecule has 0 saturated carbocycles. The molecule has 1 fully saturated rings. The van der Waals surface area contributed by atoms with Gasteiger partial charge in [-0.05, 0) is 35.4 Å². The molecular formula is C27H27ClF3N5O3S. The van der Waals surface area contributed by atoms with Crippen molar-refractivity contribution in [2.45, 2.75) is 12.7 Å². The fraction of sp³-hybridized carbons (Fsp3) is 0.296. The second-order valence-corrected chi connectivity index (χ2v) is 10.3. The van der Waals surface area contributed by atoms with Crippen LogP contribution >= 0.6 is 22.9 Å². The van der Waals surface area contributed by atoms with E-state index in [0.717, 1.165) is 50.1 Å². The Hall–Kier alpha value is -3.29. The summed E-state index contributed by atoms with van der Waals surface area (Å²) in [5.74, 6) is -1.02. The zero-order valence-corrected chi connectivity index (χ0v) is 22.8. The number of piperazine rings is 1. The van der Waals surface area contributed by atoms with E-state index >= 15 is 0 Å². The molecule has 1 saturated heterocycles. The maximum Gasteiger partial charge on any atom is 0.417 e. The summed E-state index contributed by atoms with van der Waals surface area (Å²) in [5.41, 5.74) is 3.25. The van der Waals surface area contributed by atoms with E-state index in [2.05, 4.69) is 25.6 Å². The molecule has 0 bridgehead atoms. The molecule has 3 N–H and O–H groups in total. The molecule has 0 aliphatic carbocycles. The number of anilines is 1. The topological polar surface area (TPSA) is 97.3 Å². The first-order valence-corrected chi connectivity index (χ1v) is 13.7. The molecular weight excluding hydrogens is 567 g/mol. The molecule has 0 atom stereocenters. The van der Waals surface area contributed by atoms with Gasteiger partial charge in [0, 0.05) is 55.6 Å². The van der Waals surface area contributed by atoms with Crippen molar-refractivity contribution in [3.05, 3.63) is 86.1 Å². The predicted octanol–water partition coefficient (Wildman–Crippen LogP) is 4.55. The Morgan fingerprint density at radius 2 is 1.80 bits per heavy atom. The lowest BCUT2D eigenvalue weighted by Crippen LogP contribution is -2.46. The molecule has 0 spiro atoms. The summed E-state index contributed by atoms with van der Waals surface area (Å²) in [6.45, 7) is 5.00. The summed E-state index contributed by atoms with van der Waals surface area (Å²) in [5, 5.41) is 18.3. The number of hydrogen-bond acceptors (Lipinski definition) is 7. The Kier molecular flexibility index (Phi) is 9.93. The van der Waals surface area contributed by atoms with Gasteiger partial charge in [0.1, 0.15) is 0 Å². The van der Waals surface area contributed by atoms with Crippen molar-refractivity contribution in [1.29, 1.82) is 0 Å². The minimum atomic E-state index is -4.62. The van der Waals surface area contributed by atoms with Crippen molar-refractivity contribution in [3.63, 3.8) is 0 Å². The molecule has 1 aliphatic rings. The maximum atomic E-state index is 13.1. The number of halogens is 4. The Morgan fingerprint density at radius 1 is 1.05 bits per heavy atom. The van der Waals surface area contributed by atoms with Gasteiger partial charge in [0.25, 0.3) is 11.8 Å². The lowest BCUT2D eigenvalue weighted by Gasteiger charge is -2.34. The molecule has 1 aliphatic heterocycles. The number of rotatable bonds is 9. The van der Waals surface area contributed by atoms with Crippen molar-refractivity contribution in [1.82, 2.24) is 15.2 Å². The van der Waals surface area contributed by atoms with E-state index in [4.69, 9.17) is 16.7 Å². The highest BCUT2D eigenvalue weighted by Crippen LogP contribution is 2.34. The summed E-state index contributed by atoms with van der Waals surface area (Å²) in [4.78, 5) is 30.1. The zero-order chi connectivity index (χ0) is 28.7. The zero-order valence-electron chi connectivity index (χ0n) is 21.2. The van der Waals surface area contributed by atoms with Crippen LogP contribution in [0.5, 0.6) is 0 Å². The second kappa shape index (κ2) is 13.4. The van der Waals surface area contributed by atoms with Crippen LogP contribution in [0.2, 0.25) is 5.02 Å². The summed E-state index contributed by atoms with van der Waals surface area (Å²) in [7, 11) is 0. The smallest absolute Gasteiger partial charge is 0.395 e. The maximum absolute atomic E-state index is 13.1. The molecule has 4 rings (SSSR count). The standard InChI is InChI=1S/C27H27ClF3N5O3S/c28-23-5-4-18(13-22(23)27(29,30)31)14-32-34-26(39)21-16-40-17-24(21)33-25(38)20-3-1-2-19(12-20)15-36-8-6-35(7-9-36)10-11-37/h1-5,12-14,16-17,37H,6-11,15H2,(H,33,38)(H,34,39). The number of nitrogens with zero attached hydrogens (tertiary/aromatic N) is 3. The van der Waals surface area contributed by atoms with Crippen molar-refractivity contribution in [3.8, 4) is 0 Å². The van der Waals surface area contributed by atoms with E-state index in [1.54, 1.807) is 11.4 Å². The number of nitrogens with one attached hydrogen (secondary N) is 2. The number of aliphatic hydroxyl groups is 1. The summed E-state index contributed by atoms with van der Waals surface area (Å²) in [6.07, 6.45) is -3.55. The summed E-state index contributed by atoms with van der Waals surface area (Å²) < 4.78 is 39.2. The normalized spacial score (nSPS) is 14.9. The van der Waals surface area contributed by atoms with Gasteiger partial charge in [0.2, 0.25) is 0 Å². The molecule has 3 aromatic rings. The lowest BCUT2D eigenvalue weighted by atomic mass is 10.1. The van der Waals surface area contributed by atoms with Gasteiger partial charge in [-0.15, -0.1) is 11.3 Å². The first-order valence-electron chi connectivity index (χ1n) is 12.4. The van der Waals surface area contributed by atoms with Crippen LogP contribution in [0.1, 0.15) is 37.4 Å². The molecule has 13 heteroatoms. The first-order chi connectivity index (χ1) is 19.1. The number of hydrazone groups is 1. The average molecular weight is 594 g/mol. The van der Waals surface area contributed by atoms with Crippen LogP contribution in [0, 0.1) is 0 Å². The second-order valence-electron chi connectivity index (χ2n) is 9.13. The van der Waals surface area contributed by atoms with E-state index in [-0.39, 0.29) is 23.6 Å². The molecule has 1 aromatic heterocycles. The van der Waals surface area contributed by atoms with Crippen molar-refractivity contribution in [2.75, 3.05) is 44.6 Å². The minimum Gasteiger partial charge on any atom is -0.395 e. The lowest BCUT2D eigenvalue weighted by molar-refractivity contribution is -0.137. The van der Waals surface area contributed by atoms with Gasteiger partial charge in [-0.1, -0.05) is 29.8 Å². The molecule has 0 unspecified atom stereocenters. The van der Waals surface area contributed by atoms with Crippen LogP contribution in [-0.2, 0) is 12.7 Å². The highest BCUT2D eigenvalue weighted by atomic mass is 35.5. The van der Waals surface area contributed by atoms with Gasteiger partial charge in [-0.2, -0.15) is 18.3 Å². The number of aliphatic hydroxyl groups excluding tert-OH is 1. The molecule has 0 radical (unpaired) electrons. The van der Waals surface area contributed by atoms with Crippen molar-refractivity contribution >= 4 is 46.7 Å². The first kappa shape index (κ1) is 29.7. The Balaban J connectivity index is 1.35.